The van der Waals surface area contributed by atoms with Gasteiger partial charge in [-0.15, -0.1) is 11.3 Å². The first-order valence-electron chi connectivity index (χ1n) is 10.7. The zero-order valence-electron chi connectivity index (χ0n) is 16.7. The van der Waals surface area contributed by atoms with Crippen LogP contribution < -0.4 is 5.73 Å². The summed E-state index contributed by atoms with van der Waals surface area (Å²) in [6, 6.07) is 4.42. The van der Waals surface area contributed by atoms with Crippen molar-refractivity contribution < 1.29 is 10.2 Å². The molecule has 2 saturated carbocycles. The number of aliphatic hydroxyl groups is 2. The van der Waals surface area contributed by atoms with Crippen LogP contribution in [0.5, 0.6) is 0 Å². The zero-order valence-corrected chi connectivity index (χ0v) is 17.5. The third kappa shape index (κ3) is 3.04. The van der Waals surface area contributed by atoms with Gasteiger partial charge in [0.2, 0.25) is 0 Å². The normalized spacial score (nSPS) is 44.8. The van der Waals surface area contributed by atoms with E-state index in [4.69, 9.17) is 5.73 Å². The Morgan fingerprint density at radius 1 is 1.22 bits per heavy atom. The van der Waals surface area contributed by atoms with Gasteiger partial charge in [-0.3, -0.25) is 0 Å². The first-order chi connectivity index (χ1) is 12.9. The lowest BCUT2D eigenvalue weighted by atomic mass is 9.49. The predicted molar refractivity (Wildman–Crippen MR) is 112 cm³/mol. The molecule has 27 heavy (non-hydrogen) atoms. The predicted octanol–water partition coefficient (Wildman–Crippen LogP) is 4.30. The van der Waals surface area contributed by atoms with Crippen LogP contribution in [-0.4, -0.2) is 29.5 Å². The molecule has 0 radical (unpaired) electrons. The van der Waals surface area contributed by atoms with Crippen molar-refractivity contribution in [3.8, 4) is 0 Å². The smallest absolute Gasteiger partial charge is 0.0544 e. The van der Waals surface area contributed by atoms with E-state index in [0.29, 0.717) is 17.8 Å². The highest BCUT2D eigenvalue weighted by molar-refractivity contribution is 7.11. The number of hydrogen-bond donors (Lipinski definition) is 3. The standard InChI is InChI=1S/C23H35NO2S/c1-22(9-7-16(26)12-15(22)14-25)19-8-10-23(2)18(17(19)13-24)5-6-20(23)21-4-3-11-27-21/h3-4,6,11,15-19,25-26H,5,7-10,12-14,24H2,1-2H3/t15-,16+,17+,18+,19+,22+,23+/m1/s1. The average Bonchev–Trinajstić information content (AvgIpc) is 3.29. The molecule has 0 amide bonds. The molecule has 3 aliphatic rings. The van der Waals surface area contributed by atoms with Gasteiger partial charge < -0.3 is 15.9 Å². The lowest BCUT2D eigenvalue weighted by Gasteiger charge is -2.56. The molecule has 3 nitrogen and oxygen atoms in total. The van der Waals surface area contributed by atoms with E-state index in [2.05, 4.69) is 37.4 Å². The fourth-order valence-electron chi connectivity index (χ4n) is 6.98. The molecular formula is C23H35NO2S. The largest absolute Gasteiger partial charge is 0.396 e. The monoisotopic (exact) mass is 389 g/mol. The molecule has 4 N–H and O–H groups in total. The SMILES string of the molecule is C[C@]1([C@H]2CC[C@]3(C)C(c4cccs4)=CC[C@H]3[C@@H]2CN)CC[C@H](O)C[C@@H]1CO. The Morgan fingerprint density at radius 3 is 2.70 bits per heavy atom. The van der Waals surface area contributed by atoms with E-state index in [-0.39, 0.29) is 29.5 Å². The van der Waals surface area contributed by atoms with E-state index in [1.807, 2.05) is 11.3 Å². The maximum atomic E-state index is 10.2. The molecule has 3 aliphatic carbocycles. The van der Waals surface area contributed by atoms with Crippen molar-refractivity contribution in [2.45, 2.75) is 58.5 Å². The van der Waals surface area contributed by atoms with Crippen molar-refractivity contribution in [1.29, 1.82) is 0 Å². The number of nitrogens with two attached hydrogens (primary N) is 1. The van der Waals surface area contributed by atoms with Gasteiger partial charge in [0.15, 0.2) is 0 Å². The number of thiophene rings is 1. The van der Waals surface area contributed by atoms with Crippen LogP contribution in [0.15, 0.2) is 23.6 Å². The summed E-state index contributed by atoms with van der Waals surface area (Å²) >= 11 is 1.86. The average molecular weight is 390 g/mol. The molecule has 0 unspecified atom stereocenters. The van der Waals surface area contributed by atoms with Crippen LogP contribution in [0.25, 0.3) is 5.57 Å². The van der Waals surface area contributed by atoms with Gasteiger partial charge in [0.05, 0.1) is 6.10 Å². The summed E-state index contributed by atoms with van der Waals surface area (Å²) in [5.41, 5.74) is 8.28. The Morgan fingerprint density at radius 2 is 2.04 bits per heavy atom. The van der Waals surface area contributed by atoms with E-state index in [0.717, 1.165) is 32.2 Å². The van der Waals surface area contributed by atoms with Gasteiger partial charge in [-0.05, 0) is 96.6 Å². The van der Waals surface area contributed by atoms with Gasteiger partial charge in [-0.25, -0.2) is 0 Å². The number of aliphatic hydroxyl groups excluding tert-OH is 2. The highest BCUT2D eigenvalue weighted by atomic mass is 32.1. The minimum atomic E-state index is -0.251. The van der Waals surface area contributed by atoms with Crippen LogP contribution in [-0.2, 0) is 0 Å². The Labute approximate surface area is 167 Å². The molecule has 4 heteroatoms. The minimum Gasteiger partial charge on any atom is -0.396 e. The molecule has 0 saturated heterocycles. The Bertz CT molecular complexity index is 687. The lowest BCUT2D eigenvalue weighted by Crippen LogP contribution is -2.53. The fraction of sp³-hybridized carbons (Fsp3) is 0.739. The number of allylic oxidation sites excluding steroid dienone is 2. The molecule has 0 aromatic carbocycles. The van der Waals surface area contributed by atoms with E-state index in [9.17, 15) is 10.2 Å². The first kappa shape index (κ1) is 19.6. The Balaban J connectivity index is 1.62. The van der Waals surface area contributed by atoms with E-state index in [1.165, 1.54) is 17.7 Å². The van der Waals surface area contributed by atoms with Gasteiger partial charge in [-0.2, -0.15) is 0 Å². The van der Waals surface area contributed by atoms with Crippen molar-refractivity contribution in [2.24, 2.45) is 40.2 Å². The summed E-state index contributed by atoms with van der Waals surface area (Å²) in [7, 11) is 0. The van der Waals surface area contributed by atoms with Crippen molar-refractivity contribution in [3.05, 3.63) is 28.5 Å². The summed E-state index contributed by atoms with van der Waals surface area (Å²) in [5.74, 6) is 1.82. The highest BCUT2D eigenvalue weighted by Gasteiger charge is 2.56. The Kier molecular flexibility index (Phi) is 5.30. The maximum absolute atomic E-state index is 10.2. The third-order valence-electron chi connectivity index (χ3n) is 8.65. The van der Waals surface area contributed by atoms with Crippen molar-refractivity contribution in [3.63, 3.8) is 0 Å². The van der Waals surface area contributed by atoms with Gasteiger partial charge in [0.1, 0.15) is 0 Å². The molecule has 0 aliphatic heterocycles. The highest BCUT2D eigenvalue weighted by Crippen LogP contribution is 2.64. The quantitative estimate of drug-likeness (QED) is 0.719. The van der Waals surface area contributed by atoms with Crippen LogP contribution in [0.2, 0.25) is 0 Å². The molecule has 2 fully saturated rings. The summed E-state index contributed by atoms with van der Waals surface area (Å²) in [4.78, 5) is 1.43. The second-order valence-electron chi connectivity index (χ2n) is 9.71. The maximum Gasteiger partial charge on any atom is 0.0544 e. The summed E-state index contributed by atoms with van der Waals surface area (Å²) < 4.78 is 0. The molecule has 0 spiro atoms. The molecule has 1 heterocycles. The summed E-state index contributed by atoms with van der Waals surface area (Å²) in [6.45, 7) is 5.75. The second-order valence-corrected chi connectivity index (χ2v) is 10.7. The van der Waals surface area contributed by atoms with Gasteiger partial charge in [-0.1, -0.05) is 26.0 Å². The van der Waals surface area contributed by atoms with Crippen LogP contribution in [0, 0.1) is 34.5 Å². The van der Waals surface area contributed by atoms with E-state index >= 15 is 0 Å². The van der Waals surface area contributed by atoms with Crippen molar-refractivity contribution in [1.82, 2.24) is 0 Å². The van der Waals surface area contributed by atoms with Gasteiger partial charge in [0, 0.05) is 11.5 Å². The number of rotatable bonds is 4. The number of fused-ring (bicyclic) bond motifs is 1. The third-order valence-corrected chi connectivity index (χ3v) is 9.55. The van der Waals surface area contributed by atoms with E-state index < -0.39 is 0 Å². The molecule has 150 valence electrons. The Hall–Kier alpha value is -0.680. The fourth-order valence-corrected chi connectivity index (χ4v) is 7.89. The molecule has 7 atom stereocenters. The molecule has 4 rings (SSSR count). The lowest BCUT2D eigenvalue weighted by molar-refractivity contribution is -0.0904. The van der Waals surface area contributed by atoms with Crippen LogP contribution in [0.4, 0.5) is 0 Å². The number of hydrogen-bond acceptors (Lipinski definition) is 4. The van der Waals surface area contributed by atoms with Crippen molar-refractivity contribution in [2.75, 3.05) is 13.2 Å². The topological polar surface area (TPSA) is 66.5 Å². The van der Waals surface area contributed by atoms with Crippen LogP contribution in [0.1, 0.15) is 57.2 Å². The summed E-state index contributed by atoms with van der Waals surface area (Å²) in [5, 5.41) is 22.4. The van der Waals surface area contributed by atoms with Gasteiger partial charge >= 0.3 is 0 Å². The molecule has 1 aromatic heterocycles. The van der Waals surface area contributed by atoms with Crippen molar-refractivity contribution >= 4 is 16.9 Å². The second kappa shape index (κ2) is 7.29. The van der Waals surface area contributed by atoms with Gasteiger partial charge in [0.25, 0.3) is 0 Å². The minimum absolute atomic E-state index is 0.0883. The molecule has 0 bridgehead atoms. The zero-order chi connectivity index (χ0) is 19.2. The van der Waals surface area contributed by atoms with E-state index in [1.54, 1.807) is 5.57 Å². The molecular weight excluding hydrogens is 354 g/mol. The molecule has 1 aromatic rings. The first-order valence-corrected chi connectivity index (χ1v) is 11.6. The summed E-state index contributed by atoms with van der Waals surface area (Å²) in [6.07, 6.45) is 8.36. The van der Waals surface area contributed by atoms with Crippen LogP contribution in [0.3, 0.4) is 0 Å². The van der Waals surface area contributed by atoms with Crippen LogP contribution >= 0.6 is 11.3 Å².